The van der Waals surface area contributed by atoms with Gasteiger partial charge in [-0.1, -0.05) is 86.4 Å². The second-order valence-corrected chi connectivity index (χ2v) is 9.37. The highest BCUT2D eigenvalue weighted by molar-refractivity contribution is 5.78. The molecule has 1 aromatic rings. The van der Waals surface area contributed by atoms with Gasteiger partial charge in [-0.25, -0.2) is 0 Å². The minimum absolute atomic E-state index is 0.181. The second kappa shape index (κ2) is 12.8. The number of nitrogens with zero attached hydrogens (tertiary/aromatic N) is 2. The molecule has 0 amide bonds. The van der Waals surface area contributed by atoms with Gasteiger partial charge in [-0.3, -0.25) is 4.99 Å². The number of aryl methyl sites for hydroxylation is 2. The van der Waals surface area contributed by atoms with Gasteiger partial charge in [0.2, 0.25) is 0 Å². The Hall–Kier alpha value is -1.57. The number of anilines is 1. The number of benzene rings is 1. The monoisotopic (exact) mass is 388 g/mol. The van der Waals surface area contributed by atoms with E-state index < -0.39 is 0 Å². The zero-order valence-electron chi connectivity index (χ0n) is 21.4. The highest BCUT2D eigenvalue weighted by atomic mass is 15.1. The predicted octanol–water partition coefficient (Wildman–Crippen LogP) is 8.88. The first-order valence-corrected chi connectivity index (χ1v) is 10.7. The molecule has 0 radical (unpaired) electrons. The van der Waals surface area contributed by atoms with Gasteiger partial charge in [-0.2, -0.15) is 0 Å². The van der Waals surface area contributed by atoms with Crippen LogP contribution in [0.4, 0.5) is 11.4 Å². The first-order chi connectivity index (χ1) is 12.7. The molecule has 1 rings (SSSR count). The molecule has 0 N–H and O–H groups in total. The van der Waals surface area contributed by atoms with Crippen LogP contribution in [-0.4, -0.2) is 13.3 Å². The molecule has 0 aliphatic carbocycles. The average Bonchev–Trinajstić information content (AvgIpc) is 2.59. The lowest BCUT2D eigenvalue weighted by Gasteiger charge is -2.26. The molecule has 0 aromatic heterocycles. The minimum Gasteiger partial charge on any atom is -0.349 e. The Labute approximate surface area is 177 Å². The van der Waals surface area contributed by atoms with E-state index in [1.54, 1.807) is 0 Å². The van der Waals surface area contributed by atoms with Crippen LogP contribution >= 0.6 is 0 Å². The first-order valence-electron chi connectivity index (χ1n) is 10.7. The van der Waals surface area contributed by atoms with Crippen LogP contribution in [0, 0.1) is 24.7 Å². The molecule has 0 fully saturated rings. The molecule has 0 saturated heterocycles. The Morgan fingerprint density at radius 1 is 1.00 bits per heavy atom. The molecule has 0 heterocycles. The van der Waals surface area contributed by atoms with Crippen molar-refractivity contribution >= 4 is 17.6 Å². The normalized spacial score (nSPS) is 12.1. The van der Waals surface area contributed by atoms with Gasteiger partial charge in [-0.15, -0.1) is 0 Å². The van der Waals surface area contributed by atoms with E-state index >= 15 is 0 Å². The third-order valence-electron chi connectivity index (χ3n) is 4.80. The van der Waals surface area contributed by atoms with Gasteiger partial charge in [0.05, 0.1) is 11.4 Å². The average molecular weight is 389 g/mol. The van der Waals surface area contributed by atoms with E-state index in [2.05, 4.69) is 105 Å². The van der Waals surface area contributed by atoms with Crippen LogP contribution in [0.5, 0.6) is 0 Å². The quantitative estimate of drug-likeness (QED) is 0.472. The molecule has 2 heteroatoms. The van der Waals surface area contributed by atoms with E-state index in [-0.39, 0.29) is 5.41 Å². The maximum atomic E-state index is 4.56. The SMILES string of the molecule is CC.CC=Nc1c(C)ccc(C)c1N(C)/C=C(/C)C(C)(C)C.CCC(C)(C)C. The zero-order chi connectivity index (χ0) is 22.7. The molecular weight excluding hydrogens is 340 g/mol. The van der Waals surface area contributed by atoms with E-state index in [0.717, 1.165) is 5.69 Å². The lowest BCUT2D eigenvalue weighted by atomic mass is 9.88. The smallest absolute Gasteiger partial charge is 0.0894 e. The number of aliphatic imine (C=N–C) groups is 1. The molecule has 2 nitrogen and oxygen atoms in total. The van der Waals surface area contributed by atoms with E-state index in [1.807, 2.05) is 27.0 Å². The van der Waals surface area contributed by atoms with Crippen molar-refractivity contribution in [2.24, 2.45) is 15.8 Å². The van der Waals surface area contributed by atoms with Crippen LogP contribution in [0.15, 0.2) is 28.9 Å². The van der Waals surface area contributed by atoms with Crippen LogP contribution in [0.3, 0.4) is 0 Å². The van der Waals surface area contributed by atoms with Crippen molar-refractivity contribution in [3.63, 3.8) is 0 Å². The Kier molecular flexibility index (Phi) is 13.1. The fourth-order valence-electron chi connectivity index (χ4n) is 2.07. The van der Waals surface area contributed by atoms with Gasteiger partial charge in [0.1, 0.15) is 0 Å². The van der Waals surface area contributed by atoms with Gasteiger partial charge < -0.3 is 4.90 Å². The summed E-state index contributed by atoms with van der Waals surface area (Å²) in [5, 5.41) is 0. The summed E-state index contributed by atoms with van der Waals surface area (Å²) in [7, 11) is 2.10. The summed E-state index contributed by atoms with van der Waals surface area (Å²) in [6, 6.07) is 4.30. The van der Waals surface area contributed by atoms with Gasteiger partial charge in [0.15, 0.2) is 0 Å². The minimum atomic E-state index is 0.181. The number of hydrogen-bond acceptors (Lipinski definition) is 2. The van der Waals surface area contributed by atoms with Crippen molar-refractivity contribution in [2.45, 2.75) is 96.4 Å². The van der Waals surface area contributed by atoms with Gasteiger partial charge in [0.25, 0.3) is 0 Å². The summed E-state index contributed by atoms with van der Waals surface area (Å²) in [5.41, 5.74) is 6.78. The van der Waals surface area contributed by atoms with Crippen molar-refractivity contribution < 1.29 is 0 Å². The van der Waals surface area contributed by atoms with E-state index in [9.17, 15) is 0 Å². The number of rotatable bonds is 3. The molecule has 0 atom stereocenters. The lowest BCUT2D eigenvalue weighted by molar-refractivity contribution is 0.398. The van der Waals surface area contributed by atoms with Crippen molar-refractivity contribution in [1.29, 1.82) is 0 Å². The first kappa shape index (κ1) is 28.6. The highest BCUT2D eigenvalue weighted by Gasteiger charge is 2.16. The molecule has 0 saturated carbocycles. The summed E-state index contributed by atoms with van der Waals surface area (Å²) >= 11 is 0. The van der Waals surface area contributed by atoms with Crippen LogP contribution in [0.1, 0.15) is 93.7 Å². The maximum absolute atomic E-state index is 4.56. The summed E-state index contributed by atoms with van der Waals surface area (Å²) < 4.78 is 0. The summed E-state index contributed by atoms with van der Waals surface area (Å²) in [5.74, 6) is 0. The Balaban J connectivity index is 0. The van der Waals surface area contributed by atoms with E-state index in [4.69, 9.17) is 0 Å². The van der Waals surface area contributed by atoms with Crippen molar-refractivity contribution in [2.75, 3.05) is 11.9 Å². The third-order valence-corrected chi connectivity index (χ3v) is 4.80. The summed E-state index contributed by atoms with van der Waals surface area (Å²) in [6.07, 6.45) is 5.35. The molecule has 0 aliphatic heterocycles. The van der Waals surface area contributed by atoms with Crippen molar-refractivity contribution in [3.8, 4) is 0 Å². The van der Waals surface area contributed by atoms with Crippen molar-refractivity contribution in [1.82, 2.24) is 0 Å². The fraction of sp³-hybridized carbons (Fsp3) is 0.654. The van der Waals surface area contributed by atoms with Gasteiger partial charge in [0, 0.05) is 19.5 Å². The summed E-state index contributed by atoms with van der Waals surface area (Å²) in [4.78, 5) is 6.76. The highest BCUT2D eigenvalue weighted by Crippen LogP contribution is 2.36. The Morgan fingerprint density at radius 3 is 1.79 bits per heavy atom. The molecule has 162 valence electrons. The van der Waals surface area contributed by atoms with Crippen LogP contribution in [0.25, 0.3) is 0 Å². The Morgan fingerprint density at radius 2 is 1.43 bits per heavy atom. The van der Waals surface area contributed by atoms with Crippen LogP contribution < -0.4 is 4.90 Å². The number of hydrogen-bond donors (Lipinski definition) is 0. The van der Waals surface area contributed by atoms with Crippen LogP contribution in [0.2, 0.25) is 0 Å². The fourth-order valence-corrected chi connectivity index (χ4v) is 2.07. The molecule has 1 aromatic carbocycles. The zero-order valence-corrected chi connectivity index (χ0v) is 21.4. The largest absolute Gasteiger partial charge is 0.349 e. The molecule has 0 bridgehead atoms. The van der Waals surface area contributed by atoms with Crippen molar-refractivity contribution in [3.05, 3.63) is 35.0 Å². The second-order valence-electron chi connectivity index (χ2n) is 9.37. The number of allylic oxidation sites excluding steroid dienone is 1. The maximum Gasteiger partial charge on any atom is 0.0894 e. The molecule has 0 aliphatic rings. The lowest BCUT2D eigenvalue weighted by Crippen LogP contribution is -2.15. The van der Waals surface area contributed by atoms with E-state index in [1.165, 1.54) is 28.8 Å². The van der Waals surface area contributed by atoms with Gasteiger partial charge in [-0.05, 0) is 49.7 Å². The summed E-state index contributed by atoms with van der Waals surface area (Å²) in [6.45, 7) is 28.0. The predicted molar refractivity (Wildman–Crippen MR) is 132 cm³/mol. The molecular formula is C26H48N2. The Bertz CT molecular complexity index is 623. The molecule has 0 spiro atoms. The van der Waals surface area contributed by atoms with Gasteiger partial charge >= 0.3 is 0 Å². The topological polar surface area (TPSA) is 15.6 Å². The molecule has 0 unspecified atom stereocenters. The molecule has 28 heavy (non-hydrogen) atoms. The standard InChI is InChI=1S/C18H28N2.C6H14.C2H6/c1-9-19-16-13(2)10-11-14(3)17(16)20(8)12-15(4)18(5,6)7;1-5-6(2,3)4;1-2/h9-12H,1-8H3;5H2,1-4H3;1-2H3/b15-12-,19-9?;;. The third kappa shape index (κ3) is 10.7. The van der Waals surface area contributed by atoms with Crippen LogP contribution in [-0.2, 0) is 0 Å². The van der Waals surface area contributed by atoms with E-state index in [0.29, 0.717) is 5.41 Å².